The van der Waals surface area contributed by atoms with Gasteiger partial charge in [0.1, 0.15) is 12.6 Å². The van der Waals surface area contributed by atoms with Crippen LogP contribution >= 0.6 is 0 Å². The predicted molar refractivity (Wildman–Crippen MR) is 125 cm³/mol. The summed E-state index contributed by atoms with van der Waals surface area (Å²) in [6.45, 7) is 4.49. The summed E-state index contributed by atoms with van der Waals surface area (Å²) in [6.07, 6.45) is 12.0. The van der Waals surface area contributed by atoms with Gasteiger partial charge in [0.05, 0.1) is 7.11 Å². The summed E-state index contributed by atoms with van der Waals surface area (Å²) in [5, 5.41) is 6.05. The van der Waals surface area contributed by atoms with Gasteiger partial charge in [0.15, 0.2) is 0 Å². The lowest BCUT2D eigenvalue weighted by Crippen LogP contribution is -2.44. The van der Waals surface area contributed by atoms with E-state index in [0.717, 1.165) is 31.2 Å². The number of amides is 1. The van der Waals surface area contributed by atoms with Crippen molar-refractivity contribution in [2.45, 2.75) is 83.4 Å². The van der Waals surface area contributed by atoms with E-state index < -0.39 is 18.1 Å². The molecular formula is C25H40N2O4. The number of benzene rings is 1. The van der Waals surface area contributed by atoms with E-state index in [9.17, 15) is 9.59 Å². The molecule has 0 spiro atoms. The highest BCUT2D eigenvalue weighted by molar-refractivity contribution is 5.83. The number of unbranched alkanes of at least 4 members (excludes halogenated alkanes) is 4. The Morgan fingerprint density at radius 1 is 1.03 bits per heavy atom. The maximum Gasteiger partial charge on any atom is 0.408 e. The number of ether oxygens (including phenoxy) is 2. The van der Waals surface area contributed by atoms with Gasteiger partial charge in [-0.25, -0.2) is 9.59 Å². The molecule has 1 unspecified atom stereocenters. The SMILES string of the molecule is CCCCCCCC(C=C[C@H](NC(=O)OCc1ccccc1)C(=O)OC)(CCC)NC. The van der Waals surface area contributed by atoms with Crippen LogP contribution in [0.25, 0.3) is 0 Å². The number of likely N-dealkylation sites (N-methyl/N-ethyl adjacent to an activating group) is 1. The average molecular weight is 433 g/mol. The normalized spacial score (nSPS) is 14.1. The quantitative estimate of drug-likeness (QED) is 0.228. The molecule has 174 valence electrons. The zero-order valence-corrected chi connectivity index (χ0v) is 19.6. The van der Waals surface area contributed by atoms with Crippen LogP contribution < -0.4 is 10.6 Å². The first-order chi connectivity index (χ1) is 15.0. The lowest BCUT2D eigenvalue weighted by atomic mass is 9.86. The van der Waals surface area contributed by atoms with Crippen molar-refractivity contribution in [1.29, 1.82) is 0 Å². The van der Waals surface area contributed by atoms with E-state index >= 15 is 0 Å². The lowest BCUT2D eigenvalue weighted by Gasteiger charge is -2.31. The number of carbonyl (C=O) groups excluding carboxylic acids is 2. The van der Waals surface area contributed by atoms with Crippen LogP contribution in [0, 0.1) is 0 Å². The highest BCUT2D eigenvalue weighted by atomic mass is 16.6. The number of rotatable bonds is 15. The Hall–Kier alpha value is -2.34. The molecule has 0 aromatic heterocycles. The molecule has 0 bridgehead atoms. The van der Waals surface area contributed by atoms with Gasteiger partial charge in [-0.15, -0.1) is 0 Å². The summed E-state index contributed by atoms with van der Waals surface area (Å²) in [5.41, 5.74) is 0.658. The van der Waals surface area contributed by atoms with Crippen LogP contribution in [0.5, 0.6) is 0 Å². The Kier molecular flexibility index (Phi) is 13.3. The van der Waals surface area contributed by atoms with E-state index in [1.807, 2.05) is 43.5 Å². The van der Waals surface area contributed by atoms with E-state index in [1.165, 1.54) is 32.8 Å². The highest BCUT2D eigenvalue weighted by Gasteiger charge is 2.26. The first-order valence-electron chi connectivity index (χ1n) is 11.4. The Bertz CT molecular complexity index is 663. The third-order valence-electron chi connectivity index (χ3n) is 5.47. The van der Waals surface area contributed by atoms with Crippen molar-refractivity contribution >= 4 is 12.1 Å². The van der Waals surface area contributed by atoms with Gasteiger partial charge in [-0.2, -0.15) is 0 Å². The van der Waals surface area contributed by atoms with Crippen LogP contribution in [0.4, 0.5) is 4.79 Å². The monoisotopic (exact) mass is 432 g/mol. The Labute approximate surface area is 187 Å². The number of methoxy groups -OCH3 is 1. The first-order valence-corrected chi connectivity index (χ1v) is 11.4. The molecule has 1 aromatic rings. The number of alkyl carbamates (subject to hydrolysis) is 1. The van der Waals surface area contributed by atoms with E-state index in [1.54, 1.807) is 6.08 Å². The molecule has 0 fully saturated rings. The summed E-state index contributed by atoms with van der Waals surface area (Å²) in [5.74, 6) is -0.530. The van der Waals surface area contributed by atoms with Crippen molar-refractivity contribution in [3.05, 3.63) is 48.0 Å². The van der Waals surface area contributed by atoms with Crippen molar-refractivity contribution in [3.63, 3.8) is 0 Å². The summed E-state index contributed by atoms with van der Waals surface area (Å²) >= 11 is 0. The van der Waals surface area contributed by atoms with Crippen molar-refractivity contribution in [2.24, 2.45) is 0 Å². The van der Waals surface area contributed by atoms with Crippen LogP contribution in [0.1, 0.15) is 70.8 Å². The van der Waals surface area contributed by atoms with Crippen LogP contribution in [0.15, 0.2) is 42.5 Å². The van der Waals surface area contributed by atoms with Gasteiger partial charge in [-0.3, -0.25) is 0 Å². The smallest absolute Gasteiger partial charge is 0.408 e. The molecule has 0 aliphatic rings. The summed E-state index contributed by atoms with van der Waals surface area (Å²) < 4.78 is 10.1. The second-order valence-corrected chi connectivity index (χ2v) is 7.89. The summed E-state index contributed by atoms with van der Waals surface area (Å²) in [4.78, 5) is 24.5. The second kappa shape index (κ2) is 15.5. The number of hydrogen-bond acceptors (Lipinski definition) is 5. The van der Waals surface area contributed by atoms with Gasteiger partial charge in [0, 0.05) is 5.54 Å². The molecule has 1 amide bonds. The molecule has 6 heteroatoms. The Morgan fingerprint density at radius 3 is 2.35 bits per heavy atom. The van der Waals surface area contributed by atoms with E-state index in [-0.39, 0.29) is 12.1 Å². The van der Waals surface area contributed by atoms with Crippen LogP contribution in [-0.4, -0.2) is 37.8 Å². The minimum Gasteiger partial charge on any atom is -0.467 e. The second-order valence-electron chi connectivity index (χ2n) is 7.89. The van der Waals surface area contributed by atoms with Gasteiger partial charge in [0.25, 0.3) is 0 Å². The van der Waals surface area contributed by atoms with E-state index in [4.69, 9.17) is 9.47 Å². The number of hydrogen-bond donors (Lipinski definition) is 2. The maximum absolute atomic E-state index is 12.3. The van der Waals surface area contributed by atoms with Gasteiger partial charge >= 0.3 is 12.1 Å². The molecule has 0 saturated carbocycles. The molecule has 0 aliphatic heterocycles. The van der Waals surface area contributed by atoms with Crippen LogP contribution in [0.3, 0.4) is 0 Å². The molecular weight excluding hydrogens is 392 g/mol. The van der Waals surface area contributed by atoms with E-state index in [2.05, 4.69) is 24.5 Å². The molecule has 31 heavy (non-hydrogen) atoms. The van der Waals surface area contributed by atoms with Crippen molar-refractivity contribution in [1.82, 2.24) is 10.6 Å². The zero-order valence-electron chi connectivity index (χ0n) is 19.6. The fraction of sp³-hybridized carbons (Fsp3) is 0.600. The topological polar surface area (TPSA) is 76.7 Å². The molecule has 0 heterocycles. The number of carbonyl (C=O) groups is 2. The standard InChI is InChI=1S/C25H40N2O4/c1-5-7-8-9-13-18-25(26-3,17-6-2)19-16-22(23(28)30-4)27-24(29)31-20-21-14-11-10-12-15-21/h10-12,14-16,19,22,26H,5-9,13,17-18,20H2,1-4H3,(H,27,29)/t22-,25?/m0/s1. The van der Waals surface area contributed by atoms with Crippen molar-refractivity contribution in [2.75, 3.05) is 14.2 Å². The first kappa shape index (κ1) is 26.7. The van der Waals surface area contributed by atoms with Gasteiger partial charge in [-0.05, 0) is 25.5 Å². The minimum absolute atomic E-state index is 0.137. The average Bonchev–Trinajstić information content (AvgIpc) is 2.80. The van der Waals surface area contributed by atoms with Crippen LogP contribution in [-0.2, 0) is 20.9 Å². The van der Waals surface area contributed by atoms with Crippen LogP contribution in [0.2, 0.25) is 0 Å². The number of esters is 1. The summed E-state index contributed by atoms with van der Waals surface area (Å²) in [6, 6.07) is 8.50. The molecule has 1 rings (SSSR count). The Balaban J connectivity index is 2.77. The summed E-state index contributed by atoms with van der Waals surface area (Å²) in [7, 11) is 3.26. The van der Waals surface area contributed by atoms with Gasteiger partial charge in [-0.1, -0.05) is 94.9 Å². The van der Waals surface area contributed by atoms with E-state index in [0.29, 0.717) is 0 Å². The minimum atomic E-state index is -0.905. The predicted octanol–water partition coefficient (Wildman–Crippen LogP) is 5.13. The fourth-order valence-electron chi connectivity index (χ4n) is 3.60. The molecule has 1 aromatic carbocycles. The third-order valence-corrected chi connectivity index (χ3v) is 5.47. The van der Waals surface area contributed by atoms with Crippen molar-refractivity contribution < 1.29 is 19.1 Å². The lowest BCUT2D eigenvalue weighted by molar-refractivity contribution is -0.141. The van der Waals surface area contributed by atoms with Gasteiger partial charge in [0.2, 0.25) is 0 Å². The Morgan fingerprint density at radius 2 is 1.74 bits per heavy atom. The molecule has 0 aliphatic carbocycles. The molecule has 6 nitrogen and oxygen atoms in total. The highest BCUT2D eigenvalue weighted by Crippen LogP contribution is 2.23. The van der Waals surface area contributed by atoms with Crippen molar-refractivity contribution in [3.8, 4) is 0 Å². The molecule has 2 N–H and O–H groups in total. The molecule has 0 radical (unpaired) electrons. The maximum atomic E-state index is 12.3. The largest absolute Gasteiger partial charge is 0.467 e. The molecule has 2 atom stereocenters. The number of nitrogens with one attached hydrogen (secondary N) is 2. The third kappa shape index (κ3) is 10.5. The fourth-order valence-corrected chi connectivity index (χ4v) is 3.60. The van der Waals surface area contributed by atoms with Gasteiger partial charge < -0.3 is 20.1 Å². The molecule has 0 saturated heterocycles. The zero-order chi connectivity index (χ0) is 23.0.